The molecule has 0 amide bonds. The maximum atomic E-state index is 13.7. The molecule has 1 aliphatic heterocycles. The van der Waals surface area contributed by atoms with Crippen molar-refractivity contribution in [1.29, 1.82) is 0 Å². The normalized spacial score (nSPS) is 26.0. The van der Waals surface area contributed by atoms with Gasteiger partial charge in [0.25, 0.3) is 0 Å². The largest absolute Gasteiger partial charge is 0.464 e. The molecule has 3 rings (SSSR count). The first-order chi connectivity index (χ1) is 17.3. The molecule has 6 atom stereocenters. The number of benzene rings is 1. The van der Waals surface area contributed by atoms with E-state index < -0.39 is 56.1 Å². The fourth-order valence-electron chi connectivity index (χ4n) is 3.54. The van der Waals surface area contributed by atoms with Gasteiger partial charge in [0, 0.05) is 12.2 Å². The number of ether oxygens (including phenoxy) is 2. The fourth-order valence-corrected chi connectivity index (χ4v) is 5.08. The van der Waals surface area contributed by atoms with Gasteiger partial charge in [-0.15, -0.1) is 0 Å². The van der Waals surface area contributed by atoms with Gasteiger partial charge >= 0.3 is 19.4 Å². The number of nitrogens with zero attached hydrogens (tertiary/aromatic N) is 2. The van der Waals surface area contributed by atoms with Crippen molar-refractivity contribution in [3.8, 4) is 5.75 Å². The van der Waals surface area contributed by atoms with E-state index in [0.717, 1.165) is 4.57 Å². The van der Waals surface area contributed by atoms with Crippen LogP contribution in [0.2, 0.25) is 0 Å². The van der Waals surface area contributed by atoms with E-state index in [4.69, 9.17) is 24.3 Å². The first-order valence-corrected chi connectivity index (χ1v) is 13.2. The predicted molar refractivity (Wildman–Crippen MR) is 132 cm³/mol. The van der Waals surface area contributed by atoms with Crippen LogP contribution in [0.15, 0.2) is 47.4 Å². The van der Waals surface area contributed by atoms with E-state index in [-0.39, 0.29) is 24.1 Å². The second-order valence-electron chi connectivity index (χ2n) is 9.25. The van der Waals surface area contributed by atoms with Gasteiger partial charge in [-0.25, -0.2) is 14.4 Å². The van der Waals surface area contributed by atoms with Crippen LogP contribution < -0.4 is 21.0 Å². The van der Waals surface area contributed by atoms with E-state index in [1.54, 1.807) is 51.1 Å². The molecule has 1 aromatic heterocycles. The Labute approximate surface area is 214 Å². The van der Waals surface area contributed by atoms with E-state index in [1.165, 1.54) is 19.2 Å². The lowest BCUT2D eigenvalue weighted by molar-refractivity contribution is -0.147. The predicted octanol–water partition coefficient (Wildman–Crippen LogP) is 1.22. The maximum absolute atomic E-state index is 13.7. The van der Waals surface area contributed by atoms with Gasteiger partial charge in [-0.2, -0.15) is 4.98 Å². The number of aromatic nitrogens is 2. The number of para-hydroxylation sites is 1. The van der Waals surface area contributed by atoms with Gasteiger partial charge in [0.1, 0.15) is 36.0 Å². The Kier molecular flexibility index (Phi) is 9.11. The molecule has 0 aliphatic carbocycles. The number of aliphatic hydroxyl groups is 2. The number of rotatable bonds is 11. The van der Waals surface area contributed by atoms with Crippen LogP contribution in [-0.4, -0.2) is 62.8 Å². The van der Waals surface area contributed by atoms with Crippen LogP contribution in [0.4, 0.5) is 5.82 Å². The molecule has 1 aromatic carbocycles. The third kappa shape index (κ3) is 7.16. The van der Waals surface area contributed by atoms with Crippen molar-refractivity contribution in [2.75, 3.05) is 18.9 Å². The average molecular weight is 541 g/mol. The van der Waals surface area contributed by atoms with Gasteiger partial charge in [-0.05, 0) is 32.0 Å². The SMILES string of the molecule is CC(C)C(=O)OC[C@@H](C)NP(=O)(OC[C@H]1O[C@@H](n2ccc(N)nc2=O)[C@](C)(O)[C@@H]1O)Oc1ccccc1. The summed E-state index contributed by atoms with van der Waals surface area (Å²) in [6.45, 7) is 5.71. The van der Waals surface area contributed by atoms with Crippen LogP contribution in [0.1, 0.15) is 33.9 Å². The summed E-state index contributed by atoms with van der Waals surface area (Å²) in [7, 11) is -4.12. The summed E-state index contributed by atoms with van der Waals surface area (Å²) in [6, 6.07) is 8.96. The van der Waals surface area contributed by atoms with E-state index in [0.29, 0.717) is 0 Å². The van der Waals surface area contributed by atoms with Crippen LogP contribution in [0.25, 0.3) is 0 Å². The lowest BCUT2D eigenvalue weighted by atomic mass is 9.96. The molecule has 14 heteroatoms. The first-order valence-electron chi connectivity index (χ1n) is 11.7. The number of nitrogen functional groups attached to an aromatic ring is 1. The Balaban J connectivity index is 1.75. The molecule has 13 nitrogen and oxygen atoms in total. The van der Waals surface area contributed by atoms with Crippen molar-refractivity contribution in [2.24, 2.45) is 5.92 Å². The minimum absolute atomic E-state index is 0.0161. The van der Waals surface area contributed by atoms with Crippen LogP contribution in [0.3, 0.4) is 0 Å². The molecule has 0 spiro atoms. The van der Waals surface area contributed by atoms with Crippen molar-refractivity contribution >= 4 is 19.5 Å². The van der Waals surface area contributed by atoms with Crippen molar-refractivity contribution in [1.82, 2.24) is 14.6 Å². The number of aliphatic hydroxyl groups excluding tert-OH is 1. The highest BCUT2D eigenvalue weighted by atomic mass is 31.2. The number of hydrogen-bond acceptors (Lipinski definition) is 11. The van der Waals surface area contributed by atoms with Gasteiger partial charge in [-0.3, -0.25) is 13.9 Å². The Bertz CT molecular complexity index is 1170. The highest BCUT2D eigenvalue weighted by molar-refractivity contribution is 7.52. The minimum Gasteiger partial charge on any atom is -0.464 e. The number of nitrogens with two attached hydrogens (primary N) is 1. The molecular formula is C23H33N4O9P. The minimum atomic E-state index is -4.12. The van der Waals surface area contributed by atoms with Gasteiger partial charge in [0.15, 0.2) is 6.23 Å². The van der Waals surface area contributed by atoms with Crippen LogP contribution >= 0.6 is 7.75 Å². The zero-order chi connectivity index (χ0) is 27.4. The van der Waals surface area contributed by atoms with Crippen molar-refractivity contribution in [3.05, 3.63) is 53.1 Å². The van der Waals surface area contributed by atoms with Gasteiger partial charge in [0.05, 0.1) is 12.5 Å². The summed E-state index contributed by atoms with van der Waals surface area (Å²) >= 11 is 0. The molecule has 0 saturated carbocycles. The van der Waals surface area contributed by atoms with Crippen LogP contribution in [-0.2, 0) is 23.4 Å². The molecule has 1 aliphatic rings. The summed E-state index contributed by atoms with van der Waals surface area (Å²) in [5.74, 6) is -0.530. The summed E-state index contributed by atoms with van der Waals surface area (Å²) in [5, 5.41) is 24.3. The number of hydrogen-bond donors (Lipinski definition) is 4. The summed E-state index contributed by atoms with van der Waals surface area (Å²) in [6.07, 6.45) is -2.77. The van der Waals surface area contributed by atoms with E-state index >= 15 is 0 Å². The smallest absolute Gasteiger partial charge is 0.459 e. The monoisotopic (exact) mass is 540 g/mol. The van der Waals surface area contributed by atoms with Crippen molar-refractivity contribution < 1.29 is 38.1 Å². The van der Waals surface area contributed by atoms with E-state index in [9.17, 15) is 24.4 Å². The average Bonchev–Trinajstić information content (AvgIpc) is 3.05. The van der Waals surface area contributed by atoms with Crippen molar-refractivity contribution in [3.63, 3.8) is 0 Å². The third-order valence-corrected chi connectivity index (χ3v) is 7.26. The summed E-state index contributed by atoms with van der Waals surface area (Å²) in [5.41, 5.74) is 2.81. The standard InChI is InChI=1S/C23H33N4O9P/c1-14(2)20(29)33-12-15(3)26-37(32,36-16-8-6-5-7-9-16)34-13-17-19(28)23(4,31)21(35-17)27-11-10-18(24)25-22(27)30/h5-11,14-15,17,19,21,28,31H,12-13H2,1-4H3,(H,26,32)(H2,24,25,30)/t15-,17-,19-,21-,23-,37?/m1/s1. The fraction of sp³-hybridized carbons (Fsp3) is 0.522. The molecule has 0 bridgehead atoms. The number of carbonyl (C=O) groups is 1. The lowest BCUT2D eigenvalue weighted by Crippen LogP contribution is -2.46. The van der Waals surface area contributed by atoms with Crippen LogP contribution in [0.5, 0.6) is 5.75 Å². The maximum Gasteiger partial charge on any atom is 0.459 e. The topological polar surface area (TPSA) is 184 Å². The molecule has 1 unspecified atom stereocenters. The molecule has 2 aromatic rings. The second kappa shape index (κ2) is 11.7. The van der Waals surface area contributed by atoms with Crippen LogP contribution in [0, 0.1) is 5.92 Å². The van der Waals surface area contributed by atoms with Gasteiger partial charge in [-0.1, -0.05) is 32.0 Å². The molecule has 5 N–H and O–H groups in total. The second-order valence-corrected chi connectivity index (χ2v) is 10.9. The van der Waals surface area contributed by atoms with E-state index in [2.05, 4.69) is 10.1 Å². The molecular weight excluding hydrogens is 507 g/mol. The molecule has 0 radical (unpaired) electrons. The quantitative estimate of drug-likeness (QED) is 0.236. The highest BCUT2D eigenvalue weighted by Crippen LogP contribution is 2.46. The Morgan fingerprint density at radius 3 is 2.59 bits per heavy atom. The Morgan fingerprint density at radius 1 is 1.30 bits per heavy atom. The zero-order valence-corrected chi connectivity index (χ0v) is 21.9. The molecule has 1 saturated heterocycles. The number of esters is 1. The lowest BCUT2D eigenvalue weighted by Gasteiger charge is -2.27. The number of anilines is 1. The molecule has 2 heterocycles. The summed E-state index contributed by atoms with van der Waals surface area (Å²) < 4.78 is 36.8. The number of nitrogens with one attached hydrogen (secondary N) is 1. The molecule has 1 fully saturated rings. The molecule has 204 valence electrons. The Morgan fingerprint density at radius 2 is 1.97 bits per heavy atom. The summed E-state index contributed by atoms with van der Waals surface area (Å²) in [4.78, 5) is 27.7. The third-order valence-electron chi connectivity index (χ3n) is 5.56. The van der Waals surface area contributed by atoms with E-state index in [1.807, 2.05) is 0 Å². The van der Waals surface area contributed by atoms with Crippen molar-refractivity contribution in [2.45, 2.75) is 57.8 Å². The first kappa shape index (κ1) is 28.8. The Hall–Kier alpha value is -2.80. The molecule has 37 heavy (non-hydrogen) atoms. The highest BCUT2D eigenvalue weighted by Gasteiger charge is 2.54. The zero-order valence-electron chi connectivity index (χ0n) is 21.0. The van der Waals surface area contributed by atoms with Gasteiger partial charge in [0.2, 0.25) is 0 Å². The number of carbonyl (C=O) groups excluding carboxylic acids is 1. The van der Waals surface area contributed by atoms with Gasteiger partial charge < -0.3 is 29.9 Å².